The Hall–Kier alpha value is -2.25. The second-order valence-electron chi connectivity index (χ2n) is 9.02. The average molecular weight is 396 g/mol. The van der Waals surface area contributed by atoms with E-state index in [0.29, 0.717) is 18.5 Å². The van der Waals surface area contributed by atoms with Crippen molar-refractivity contribution in [3.8, 4) is 0 Å². The van der Waals surface area contributed by atoms with Crippen molar-refractivity contribution < 1.29 is 14.4 Å². The summed E-state index contributed by atoms with van der Waals surface area (Å²) in [5, 5.41) is 6.10. The lowest BCUT2D eigenvalue weighted by atomic mass is 9.88. The largest absolute Gasteiger partial charge is 0.322 e. The highest BCUT2D eigenvalue weighted by Crippen LogP contribution is 2.32. The zero-order valence-corrected chi connectivity index (χ0v) is 16.7. The lowest BCUT2D eigenvalue weighted by molar-refractivity contribution is -0.136. The van der Waals surface area contributed by atoms with Crippen LogP contribution < -0.4 is 10.6 Å². The van der Waals surface area contributed by atoms with Gasteiger partial charge in [-0.15, -0.1) is 0 Å². The van der Waals surface area contributed by atoms with Crippen molar-refractivity contribution >= 4 is 17.7 Å². The molecule has 7 heteroatoms. The highest BCUT2D eigenvalue weighted by atomic mass is 16.2. The summed E-state index contributed by atoms with van der Waals surface area (Å²) in [5.74, 6) is -0.707. The van der Waals surface area contributed by atoms with Gasteiger partial charge in [-0.2, -0.15) is 0 Å². The third-order valence-electron chi connectivity index (χ3n) is 7.01. The smallest absolute Gasteiger partial charge is 0.255 e. The average Bonchev–Trinajstić information content (AvgIpc) is 3.24. The van der Waals surface area contributed by atoms with Crippen LogP contribution in [-0.2, 0) is 22.7 Å². The topological polar surface area (TPSA) is 81.8 Å². The molecule has 0 aromatic heterocycles. The van der Waals surface area contributed by atoms with E-state index in [9.17, 15) is 14.4 Å². The molecule has 154 valence electrons. The van der Waals surface area contributed by atoms with Crippen LogP contribution in [0.5, 0.6) is 0 Å². The molecule has 5 rings (SSSR count). The highest BCUT2D eigenvalue weighted by Gasteiger charge is 2.40. The van der Waals surface area contributed by atoms with Gasteiger partial charge in [0.05, 0.1) is 0 Å². The van der Waals surface area contributed by atoms with E-state index in [2.05, 4.69) is 21.6 Å². The fourth-order valence-electron chi connectivity index (χ4n) is 5.43. The molecule has 0 aliphatic carbocycles. The first-order valence-electron chi connectivity index (χ1n) is 10.8. The molecule has 1 spiro atoms. The number of benzene rings is 1. The molecule has 2 N–H and O–H groups in total. The molecule has 4 aliphatic heterocycles. The van der Waals surface area contributed by atoms with Gasteiger partial charge in [0.25, 0.3) is 5.91 Å². The van der Waals surface area contributed by atoms with Crippen molar-refractivity contribution in [3.63, 3.8) is 0 Å². The van der Waals surface area contributed by atoms with Crippen LogP contribution in [0.1, 0.15) is 60.0 Å². The molecular formula is C22H28N4O3. The Morgan fingerprint density at radius 1 is 1.14 bits per heavy atom. The van der Waals surface area contributed by atoms with Gasteiger partial charge in [0.2, 0.25) is 11.8 Å². The Labute approximate surface area is 170 Å². The second-order valence-corrected chi connectivity index (χ2v) is 9.02. The maximum Gasteiger partial charge on any atom is 0.255 e. The van der Waals surface area contributed by atoms with Crippen molar-refractivity contribution in [1.82, 2.24) is 20.4 Å². The molecule has 0 radical (unpaired) electrons. The molecule has 4 aliphatic rings. The summed E-state index contributed by atoms with van der Waals surface area (Å²) in [6.07, 6.45) is 5.72. The molecule has 2 unspecified atom stereocenters. The summed E-state index contributed by atoms with van der Waals surface area (Å²) in [6, 6.07) is 5.59. The number of hydrogen-bond donors (Lipinski definition) is 2. The van der Waals surface area contributed by atoms with E-state index in [4.69, 9.17) is 0 Å². The van der Waals surface area contributed by atoms with Gasteiger partial charge >= 0.3 is 0 Å². The van der Waals surface area contributed by atoms with E-state index in [1.54, 1.807) is 4.90 Å². The molecule has 3 amide bonds. The first-order chi connectivity index (χ1) is 14.0. The van der Waals surface area contributed by atoms with Gasteiger partial charge in [0.15, 0.2) is 0 Å². The molecule has 3 saturated heterocycles. The zero-order valence-electron chi connectivity index (χ0n) is 16.7. The third kappa shape index (κ3) is 3.46. The first kappa shape index (κ1) is 18.8. The van der Waals surface area contributed by atoms with Gasteiger partial charge in [-0.1, -0.05) is 18.6 Å². The second kappa shape index (κ2) is 7.22. The number of fused-ring (bicyclic) bond motifs is 1. The number of carbonyl (C=O) groups excluding carboxylic acids is 3. The molecule has 29 heavy (non-hydrogen) atoms. The maximum atomic E-state index is 13.0. The van der Waals surface area contributed by atoms with Crippen LogP contribution >= 0.6 is 0 Å². The summed E-state index contributed by atoms with van der Waals surface area (Å²) in [7, 11) is 0. The van der Waals surface area contributed by atoms with E-state index in [0.717, 1.165) is 37.3 Å². The Morgan fingerprint density at radius 3 is 2.83 bits per heavy atom. The molecule has 2 atom stereocenters. The zero-order chi connectivity index (χ0) is 20.0. The Morgan fingerprint density at radius 2 is 2.03 bits per heavy atom. The minimum atomic E-state index is -0.549. The van der Waals surface area contributed by atoms with Crippen molar-refractivity contribution in [2.75, 3.05) is 19.6 Å². The fourth-order valence-corrected chi connectivity index (χ4v) is 5.43. The van der Waals surface area contributed by atoms with Crippen LogP contribution in [0.25, 0.3) is 0 Å². The quantitative estimate of drug-likeness (QED) is 0.750. The number of imide groups is 1. The van der Waals surface area contributed by atoms with E-state index < -0.39 is 6.04 Å². The number of carbonyl (C=O) groups is 3. The van der Waals surface area contributed by atoms with E-state index in [1.165, 1.54) is 25.7 Å². The van der Waals surface area contributed by atoms with Gasteiger partial charge < -0.3 is 10.2 Å². The number of hydrogen-bond acceptors (Lipinski definition) is 5. The van der Waals surface area contributed by atoms with Gasteiger partial charge in [-0.25, -0.2) is 0 Å². The summed E-state index contributed by atoms with van der Waals surface area (Å²) in [6.45, 7) is 4.57. The minimum absolute atomic E-state index is 0.0943. The van der Waals surface area contributed by atoms with E-state index in [-0.39, 0.29) is 29.7 Å². The number of likely N-dealkylation sites (tertiary alicyclic amines) is 1. The Kier molecular flexibility index (Phi) is 4.67. The van der Waals surface area contributed by atoms with Crippen molar-refractivity contribution in [2.45, 2.75) is 63.2 Å². The van der Waals surface area contributed by atoms with Gasteiger partial charge in [-0.3, -0.25) is 24.6 Å². The molecule has 4 heterocycles. The highest BCUT2D eigenvalue weighted by molar-refractivity contribution is 6.05. The monoisotopic (exact) mass is 396 g/mol. The van der Waals surface area contributed by atoms with Crippen LogP contribution in [0.2, 0.25) is 0 Å². The number of piperidine rings is 2. The summed E-state index contributed by atoms with van der Waals surface area (Å²) in [5.41, 5.74) is 3.11. The molecule has 3 fully saturated rings. The molecule has 1 aromatic rings. The predicted octanol–water partition coefficient (Wildman–Crippen LogP) is 1.17. The van der Waals surface area contributed by atoms with Gasteiger partial charge in [-0.05, 0) is 49.4 Å². The van der Waals surface area contributed by atoms with E-state index >= 15 is 0 Å². The molecule has 0 saturated carbocycles. The van der Waals surface area contributed by atoms with Crippen LogP contribution in [-0.4, -0.2) is 58.7 Å². The van der Waals surface area contributed by atoms with Gasteiger partial charge in [0, 0.05) is 43.7 Å². The number of amides is 3. The standard InChI is InChI=1S/C22H28N4O3/c27-19-6-5-18(20(28)24-19)26-13-16-4-3-15(11-17(16)21(26)29)12-25-10-8-22(14-25)7-1-2-9-23-22/h3-4,11,18,23H,1-2,5-10,12-14H2,(H,24,27,28). The summed E-state index contributed by atoms with van der Waals surface area (Å²) >= 11 is 0. The predicted molar refractivity (Wildman–Crippen MR) is 107 cm³/mol. The van der Waals surface area contributed by atoms with Crippen molar-refractivity contribution in [3.05, 3.63) is 34.9 Å². The van der Waals surface area contributed by atoms with Crippen molar-refractivity contribution in [1.29, 1.82) is 0 Å². The molecule has 0 bridgehead atoms. The Bertz CT molecular complexity index is 862. The van der Waals surface area contributed by atoms with Gasteiger partial charge in [0.1, 0.15) is 6.04 Å². The SMILES string of the molecule is O=C1CCC(N2Cc3ccc(CN4CCC5(CCCCN5)C4)cc3C2=O)C(=O)N1. The van der Waals surface area contributed by atoms with Crippen LogP contribution in [0.4, 0.5) is 0 Å². The van der Waals surface area contributed by atoms with Crippen LogP contribution in [0, 0.1) is 0 Å². The summed E-state index contributed by atoms with van der Waals surface area (Å²) < 4.78 is 0. The number of nitrogens with one attached hydrogen (secondary N) is 2. The first-order valence-corrected chi connectivity index (χ1v) is 10.8. The third-order valence-corrected chi connectivity index (χ3v) is 7.01. The van der Waals surface area contributed by atoms with Crippen molar-refractivity contribution in [2.24, 2.45) is 0 Å². The summed E-state index contributed by atoms with van der Waals surface area (Å²) in [4.78, 5) is 40.7. The molecule has 1 aromatic carbocycles. The minimum Gasteiger partial charge on any atom is -0.322 e. The normalized spacial score (nSPS) is 30.1. The molecular weight excluding hydrogens is 368 g/mol. The lowest BCUT2D eigenvalue weighted by Gasteiger charge is -2.35. The maximum absolute atomic E-state index is 13.0. The van der Waals surface area contributed by atoms with Crippen LogP contribution in [0.3, 0.4) is 0 Å². The lowest BCUT2D eigenvalue weighted by Crippen LogP contribution is -2.52. The van der Waals surface area contributed by atoms with Crippen LogP contribution in [0.15, 0.2) is 18.2 Å². The Balaban J connectivity index is 1.27. The molecule has 7 nitrogen and oxygen atoms in total. The number of nitrogens with zero attached hydrogens (tertiary/aromatic N) is 2. The fraction of sp³-hybridized carbons (Fsp3) is 0.591. The van der Waals surface area contributed by atoms with E-state index in [1.807, 2.05) is 12.1 Å². The number of rotatable bonds is 3.